The largest absolute Gasteiger partial charge is 0.478 e. The molecule has 18 heavy (non-hydrogen) atoms. The van der Waals surface area contributed by atoms with Crippen LogP contribution in [0.3, 0.4) is 0 Å². The van der Waals surface area contributed by atoms with Crippen LogP contribution in [0.15, 0.2) is 16.7 Å². The first-order valence-corrected chi connectivity index (χ1v) is 7.44. The Bertz CT molecular complexity index is 533. The van der Waals surface area contributed by atoms with Crippen molar-refractivity contribution in [1.29, 1.82) is 0 Å². The van der Waals surface area contributed by atoms with E-state index in [0.717, 1.165) is 0 Å². The van der Waals surface area contributed by atoms with Gasteiger partial charge in [0.25, 0.3) is 0 Å². The molecule has 100 valence electrons. The first-order valence-electron chi connectivity index (χ1n) is 5.72. The van der Waals surface area contributed by atoms with Crippen LogP contribution in [0.1, 0.15) is 29.0 Å². The van der Waals surface area contributed by atoms with Crippen molar-refractivity contribution in [3.05, 3.63) is 23.7 Å². The third kappa shape index (κ3) is 2.73. The summed E-state index contributed by atoms with van der Waals surface area (Å²) in [5.41, 5.74) is 0.108. The minimum Gasteiger partial charge on any atom is -0.478 e. The van der Waals surface area contributed by atoms with Crippen molar-refractivity contribution in [1.82, 2.24) is 5.32 Å². The molecule has 7 heteroatoms. The molecule has 1 aliphatic heterocycles. The predicted octanol–water partition coefficient (Wildman–Crippen LogP) is 0.645. The molecule has 0 radical (unpaired) electrons. The van der Waals surface area contributed by atoms with Crippen LogP contribution in [0, 0.1) is 0 Å². The van der Waals surface area contributed by atoms with Gasteiger partial charge in [0.1, 0.15) is 11.3 Å². The maximum atomic E-state index is 11.6. The van der Waals surface area contributed by atoms with E-state index in [1.165, 1.54) is 12.3 Å². The number of nitrogens with one attached hydrogen (secondary N) is 1. The van der Waals surface area contributed by atoms with Gasteiger partial charge in [-0.1, -0.05) is 0 Å². The molecule has 2 N–H and O–H groups in total. The molecule has 1 aromatic heterocycles. The van der Waals surface area contributed by atoms with Crippen LogP contribution in [0.5, 0.6) is 0 Å². The van der Waals surface area contributed by atoms with Gasteiger partial charge in [0.05, 0.1) is 23.8 Å². The zero-order valence-corrected chi connectivity index (χ0v) is 10.6. The monoisotopic (exact) mass is 273 g/mol. The van der Waals surface area contributed by atoms with E-state index < -0.39 is 15.8 Å². The molecule has 0 saturated carbocycles. The molecular formula is C11H15NO5S. The highest BCUT2D eigenvalue weighted by atomic mass is 32.2. The Morgan fingerprint density at radius 3 is 2.94 bits per heavy atom. The number of hydrogen-bond acceptors (Lipinski definition) is 5. The lowest BCUT2D eigenvalue weighted by Crippen LogP contribution is -2.30. The first-order chi connectivity index (χ1) is 8.50. The highest BCUT2D eigenvalue weighted by Gasteiger charge is 2.30. The Hall–Kier alpha value is -1.34. The molecule has 1 fully saturated rings. The van der Waals surface area contributed by atoms with Gasteiger partial charge in [0.15, 0.2) is 9.84 Å². The van der Waals surface area contributed by atoms with Crippen LogP contribution in [-0.2, 0) is 16.4 Å². The van der Waals surface area contributed by atoms with E-state index in [9.17, 15) is 13.2 Å². The van der Waals surface area contributed by atoms with E-state index in [4.69, 9.17) is 9.52 Å². The Morgan fingerprint density at radius 1 is 1.56 bits per heavy atom. The summed E-state index contributed by atoms with van der Waals surface area (Å²) in [4.78, 5) is 10.8. The highest BCUT2D eigenvalue weighted by Crippen LogP contribution is 2.19. The summed E-state index contributed by atoms with van der Waals surface area (Å²) in [7, 11) is -2.96. The molecule has 2 heterocycles. The van der Waals surface area contributed by atoms with Crippen molar-refractivity contribution >= 4 is 15.8 Å². The number of rotatable bonds is 5. The van der Waals surface area contributed by atoms with Gasteiger partial charge in [0, 0.05) is 6.54 Å². The molecule has 1 atom stereocenters. The molecule has 1 unspecified atom stereocenters. The fourth-order valence-corrected chi connectivity index (χ4v) is 3.90. The molecule has 0 bridgehead atoms. The molecule has 1 aliphatic rings. The number of aromatic carboxylic acids is 1. The summed E-state index contributed by atoms with van der Waals surface area (Å²) in [6.07, 6.45) is 2.68. The van der Waals surface area contributed by atoms with Gasteiger partial charge in [-0.05, 0) is 18.9 Å². The van der Waals surface area contributed by atoms with Gasteiger partial charge < -0.3 is 14.8 Å². The van der Waals surface area contributed by atoms with Crippen LogP contribution >= 0.6 is 0 Å². The highest BCUT2D eigenvalue weighted by molar-refractivity contribution is 7.92. The van der Waals surface area contributed by atoms with E-state index in [2.05, 4.69) is 5.32 Å². The minimum absolute atomic E-state index is 0.108. The molecule has 0 aliphatic carbocycles. The fourth-order valence-electron chi connectivity index (χ4n) is 2.10. The Kier molecular flexibility index (Phi) is 3.72. The number of carbonyl (C=O) groups is 1. The second-order valence-electron chi connectivity index (χ2n) is 4.32. The summed E-state index contributed by atoms with van der Waals surface area (Å²) in [5.74, 6) is -0.479. The lowest BCUT2D eigenvalue weighted by molar-refractivity contribution is 0.0694. The quantitative estimate of drug-likeness (QED) is 0.817. The second kappa shape index (κ2) is 5.11. The summed E-state index contributed by atoms with van der Waals surface area (Å²) in [5, 5.41) is 11.4. The van der Waals surface area contributed by atoms with E-state index in [1.807, 2.05) is 0 Å². The smallest absolute Gasteiger partial charge is 0.339 e. The van der Waals surface area contributed by atoms with Crippen molar-refractivity contribution in [2.75, 3.05) is 12.3 Å². The van der Waals surface area contributed by atoms with Crippen LogP contribution < -0.4 is 5.32 Å². The SMILES string of the molecule is O=C(O)c1ccoc1CNCC1CCCS1(=O)=O. The van der Waals surface area contributed by atoms with E-state index in [0.29, 0.717) is 25.1 Å². The topological polar surface area (TPSA) is 96.6 Å². The predicted molar refractivity (Wildman–Crippen MR) is 64.2 cm³/mol. The number of furan rings is 1. The second-order valence-corrected chi connectivity index (χ2v) is 6.73. The van der Waals surface area contributed by atoms with Crippen molar-refractivity contribution in [2.24, 2.45) is 0 Å². The lowest BCUT2D eigenvalue weighted by Gasteiger charge is -2.09. The maximum absolute atomic E-state index is 11.6. The van der Waals surface area contributed by atoms with Crippen LogP contribution in [0.25, 0.3) is 0 Å². The average molecular weight is 273 g/mol. The first kappa shape index (κ1) is 13.1. The summed E-state index contributed by atoms with van der Waals surface area (Å²) < 4.78 is 28.2. The van der Waals surface area contributed by atoms with Gasteiger partial charge in [-0.3, -0.25) is 0 Å². The lowest BCUT2D eigenvalue weighted by atomic mass is 10.2. The molecule has 0 amide bonds. The van der Waals surface area contributed by atoms with E-state index >= 15 is 0 Å². The summed E-state index contributed by atoms with van der Waals surface area (Å²) in [6, 6.07) is 1.38. The van der Waals surface area contributed by atoms with E-state index in [1.54, 1.807) is 0 Å². The molecule has 1 saturated heterocycles. The Labute approximate surface area is 105 Å². The fraction of sp³-hybridized carbons (Fsp3) is 0.545. The number of sulfone groups is 1. The third-order valence-electron chi connectivity index (χ3n) is 3.10. The molecule has 0 spiro atoms. The van der Waals surface area contributed by atoms with Gasteiger partial charge in [-0.2, -0.15) is 0 Å². The molecular weight excluding hydrogens is 258 g/mol. The Balaban J connectivity index is 1.89. The minimum atomic E-state index is -2.96. The van der Waals surface area contributed by atoms with Gasteiger partial charge in [0.2, 0.25) is 0 Å². The molecule has 6 nitrogen and oxygen atoms in total. The van der Waals surface area contributed by atoms with Crippen molar-refractivity contribution in [2.45, 2.75) is 24.6 Å². The summed E-state index contributed by atoms with van der Waals surface area (Å²) >= 11 is 0. The van der Waals surface area contributed by atoms with Crippen LogP contribution in [0.2, 0.25) is 0 Å². The Morgan fingerprint density at radius 2 is 2.33 bits per heavy atom. The van der Waals surface area contributed by atoms with Crippen molar-refractivity contribution in [3.8, 4) is 0 Å². The zero-order valence-electron chi connectivity index (χ0n) is 9.76. The number of carboxylic acid groups (broad SMARTS) is 1. The van der Waals surface area contributed by atoms with Crippen molar-refractivity contribution < 1.29 is 22.7 Å². The average Bonchev–Trinajstić information content (AvgIpc) is 2.86. The summed E-state index contributed by atoms with van der Waals surface area (Å²) in [6.45, 7) is 0.558. The molecule has 0 aromatic carbocycles. The number of hydrogen-bond donors (Lipinski definition) is 2. The van der Waals surface area contributed by atoms with Gasteiger partial charge >= 0.3 is 5.97 Å². The maximum Gasteiger partial charge on any atom is 0.339 e. The molecule has 1 aromatic rings. The third-order valence-corrected chi connectivity index (χ3v) is 5.37. The van der Waals surface area contributed by atoms with E-state index in [-0.39, 0.29) is 23.1 Å². The van der Waals surface area contributed by atoms with Crippen molar-refractivity contribution in [3.63, 3.8) is 0 Å². The van der Waals surface area contributed by atoms with Crippen LogP contribution in [-0.4, -0.2) is 37.0 Å². The van der Waals surface area contributed by atoms with Crippen LogP contribution in [0.4, 0.5) is 0 Å². The molecule has 2 rings (SSSR count). The number of carboxylic acids is 1. The zero-order chi connectivity index (χ0) is 13.2. The van der Waals surface area contributed by atoms with Gasteiger partial charge in [-0.25, -0.2) is 13.2 Å². The van der Waals surface area contributed by atoms with Gasteiger partial charge in [-0.15, -0.1) is 0 Å². The normalized spacial score (nSPS) is 22.1. The standard InChI is InChI=1S/C11H15NO5S/c13-11(14)9-3-4-17-10(9)7-12-6-8-2-1-5-18(8,15)16/h3-4,8,12H,1-2,5-7H2,(H,13,14).